The van der Waals surface area contributed by atoms with Gasteiger partial charge in [-0.05, 0) is 56.5 Å². The number of nitrogen functional groups attached to an aromatic ring is 1. The number of carbonyl (C=O) groups is 4. The molecule has 3 aromatic carbocycles. The van der Waals surface area contributed by atoms with E-state index in [1.165, 1.54) is 28.0 Å². The Morgan fingerprint density at radius 2 is 1.67 bits per heavy atom. The number of nitrogens with two attached hydrogens (primary N) is 2. The molecule has 1 saturated heterocycles. The second kappa shape index (κ2) is 14.2. The predicted octanol–water partition coefficient (Wildman–Crippen LogP) is 5.08. The molecule has 2 unspecified atom stereocenters. The summed E-state index contributed by atoms with van der Waals surface area (Å²) in [7, 11) is 0. The van der Waals surface area contributed by atoms with Crippen LogP contribution < -0.4 is 22.1 Å². The van der Waals surface area contributed by atoms with Crippen LogP contribution in [0.25, 0.3) is 10.2 Å². The zero-order valence-corrected chi connectivity index (χ0v) is 30.0. The van der Waals surface area contributed by atoms with Gasteiger partial charge in [-0.25, -0.2) is 14.6 Å². The average Bonchev–Trinajstić information content (AvgIpc) is 3.48. The number of thioether (sulfide) groups is 1. The van der Waals surface area contributed by atoms with Gasteiger partial charge in [0.1, 0.15) is 22.7 Å². The van der Waals surface area contributed by atoms with Gasteiger partial charge in [0, 0.05) is 11.3 Å². The number of benzene rings is 3. The van der Waals surface area contributed by atoms with Gasteiger partial charge in [0.15, 0.2) is 16.9 Å². The standard InChI is InChI=1S/C37H38N6O6S2/c1-5-12-23-20-50-31-27(30(44)43(31)28(23)32(45)48-29(21-13-8-6-9-14-21)22-15-10-7-11-16-22)41-33(46)37(39,42-35(47)49-36(2,3)4)24-17-18-25-26(19-24)51-34(38)40-25/h5-19,27,29,31H,20,39H2,1-4H3,(H2,38,40)(H,41,46)(H,42,47)/t27?,31-,37?/m0/s1. The molecule has 0 radical (unpaired) electrons. The molecule has 1 fully saturated rings. The Balaban J connectivity index is 1.28. The number of hydrogen-bond acceptors (Lipinski definition) is 11. The summed E-state index contributed by atoms with van der Waals surface area (Å²) in [4.78, 5) is 60.8. The molecular weight excluding hydrogens is 689 g/mol. The molecule has 0 spiro atoms. The first kappa shape index (κ1) is 35.6. The van der Waals surface area contributed by atoms with E-state index in [0.29, 0.717) is 26.7 Å². The van der Waals surface area contributed by atoms with Crippen molar-refractivity contribution < 1.29 is 28.7 Å². The first-order valence-corrected chi connectivity index (χ1v) is 18.0. The number of amides is 3. The molecule has 4 aromatic rings. The Morgan fingerprint density at radius 3 is 2.27 bits per heavy atom. The summed E-state index contributed by atoms with van der Waals surface area (Å²) in [5.74, 6) is -1.70. The number of anilines is 1. The number of alkyl carbamates (subject to hydrolysis) is 1. The molecule has 6 N–H and O–H groups in total. The molecule has 12 nitrogen and oxygen atoms in total. The fraction of sp³-hybridized carbons (Fsp3) is 0.270. The van der Waals surface area contributed by atoms with Gasteiger partial charge in [0.2, 0.25) is 0 Å². The van der Waals surface area contributed by atoms with Gasteiger partial charge in [-0.2, -0.15) is 0 Å². The number of thiazole rings is 1. The quantitative estimate of drug-likeness (QED) is 0.103. The fourth-order valence-electron chi connectivity index (χ4n) is 5.88. The van der Waals surface area contributed by atoms with Crippen molar-refractivity contribution in [3.63, 3.8) is 0 Å². The molecule has 1 aromatic heterocycles. The number of nitrogens with one attached hydrogen (secondary N) is 2. The van der Waals surface area contributed by atoms with Crippen LogP contribution in [0.1, 0.15) is 50.5 Å². The second-order valence-corrected chi connectivity index (χ2v) is 15.2. The van der Waals surface area contributed by atoms with Crippen LogP contribution in [-0.4, -0.2) is 56.5 Å². The zero-order chi connectivity index (χ0) is 36.5. The molecule has 2 aliphatic rings. The monoisotopic (exact) mass is 726 g/mol. The molecule has 3 amide bonds. The summed E-state index contributed by atoms with van der Waals surface area (Å²) in [5.41, 5.74) is 12.6. The van der Waals surface area contributed by atoms with Crippen molar-refractivity contribution >= 4 is 62.3 Å². The van der Waals surface area contributed by atoms with Crippen LogP contribution in [0.4, 0.5) is 9.93 Å². The lowest BCUT2D eigenvalue weighted by molar-refractivity contribution is -0.155. The third kappa shape index (κ3) is 7.34. The highest BCUT2D eigenvalue weighted by atomic mass is 32.2. The van der Waals surface area contributed by atoms with Crippen molar-refractivity contribution in [1.29, 1.82) is 0 Å². The number of nitrogens with zero attached hydrogens (tertiary/aromatic N) is 2. The van der Waals surface area contributed by atoms with Crippen molar-refractivity contribution in [2.45, 2.75) is 56.5 Å². The van der Waals surface area contributed by atoms with Crippen LogP contribution in [0.3, 0.4) is 0 Å². The molecule has 2 aliphatic heterocycles. The number of esters is 1. The van der Waals surface area contributed by atoms with Crippen molar-refractivity contribution in [2.24, 2.45) is 5.73 Å². The van der Waals surface area contributed by atoms with E-state index < -0.39 is 52.7 Å². The number of carbonyl (C=O) groups excluding carboxylic acids is 4. The average molecular weight is 727 g/mol. The van der Waals surface area contributed by atoms with Gasteiger partial charge in [0.25, 0.3) is 11.8 Å². The van der Waals surface area contributed by atoms with Gasteiger partial charge in [0.05, 0.1) is 10.2 Å². The lowest BCUT2D eigenvalue weighted by Gasteiger charge is -2.50. The highest BCUT2D eigenvalue weighted by molar-refractivity contribution is 8.00. The van der Waals surface area contributed by atoms with Crippen molar-refractivity contribution in [3.05, 3.63) is 119 Å². The number of β-lactam (4-membered cyclic amide) rings is 1. The van der Waals surface area contributed by atoms with E-state index in [1.54, 1.807) is 51.1 Å². The van der Waals surface area contributed by atoms with Gasteiger partial charge in [-0.3, -0.25) is 25.5 Å². The first-order chi connectivity index (χ1) is 24.3. The lowest BCUT2D eigenvalue weighted by Crippen LogP contribution is -2.74. The number of hydrogen-bond donors (Lipinski definition) is 4. The maximum Gasteiger partial charge on any atom is 0.409 e. The van der Waals surface area contributed by atoms with E-state index >= 15 is 0 Å². The van der Waals surface area contributed by atoms with Crippen LogP contribution >= 0.6 is 23.1 Å². The molecule has 6 rings (SSSR count). The minimum Gasteiger partial charge on any atom is -0.448 e. The third-order valence-corrected chi connectivity index (χ3v) is 10.3. The summed E-state index contributed by atoms with van der Waals surface area (Å²) < 4.78 is 12.2. The van der Waals surface area contributed by atoms with Crippen LogP contribution in [0, 0.1) is 0 Å². The normalized spacial score (nSPS) is 18.6. The molecule has 14 heteroatoms. The molecule has 264 valence electrons. The SMILES string of the molecule is CC=CC1=C(C(=O)OC(c2ccccc2)c2ccccc2)N2C(=O)C(NC(=O)C(N)(NC(=O)OC(C)(C)C)c3ccc4nc(N)sc4c3)[C@@H]2SC1. The van der Waals surface area contributed by atoms with Gasteiger partial charge in [-0.15, -0.1) is 11.8 Å². The zero-order valence-electron chi connectivity index (χ0n) is 28.4. The minimum atomic E-state index is -2.17. The number of rotatable bonds is 9. The highest BCUT2D eigenvalue weighted by Crippen LogP contribution is 2.42. The van der Waals surface area contributed by atoms with Crippen molar-refractivity contribution in [3.8, 4) is 0 Å². The molecular formula is C37H38N6O6S2. The van der Waals surface area contributed by atoms with E-state index in [1.807, 2.05) is 67.6 Å². The number of aromatic nitrogens is 1. The Kier molecular flexibility index (Phi) is 9.93. The second-order valence-electron chi connectivity index (χ2n) is 13.0. The lowest BCUT2D eigenvalue weighted by atomic mass is 9.96. The van der Waals surface area contributed by atoms with Crippen LogP contribution in [0.15, 0.2) is 102 Å². The van der Waals surface area contributed by atoms with Gasteiger partial charge in [-0.1, -0.05) is 90.2 Å². The van der Waals surface area contributed by atoms with Gasteiger partial charge < -0.3 is 20.5 Å². The first-order valence-electron chi connectivity index (χ1n) is 16.2. The third-order valence-electron chi connectivity index (χ3n) is 8.19. The van der Waals surface area contributed by atoms with Crippen LogP contribution in [-0.2, 0) is 29.5 Å². The highest BCUT2D eigenvalue weighted by Gasteiger charge is 2.56. The Hall–Kier alpha value is -5.18. The van der Waals surface area contributed by atoms with Crippen molar-refractivity contribution in [2.75, 3.05) is 11.5 Å². The van der Waals surface area contributed by atoms with Crippen LogP contribution in [0.5, 0.6) is 0 Å². The topological polar surface area (TPSA) is 179 Å². The summed E-state index contributed by atoms with van der Waals surface area (Å²) in [5, 5.41) is 4.93. The Bertz CT molecular complexity index is 2000. The van der Waals surface area contributed by atoms with E-state index in [2.05, 4.69) is 15.6 Å². The van der Waals surface area contributed by atoms with Crippen molar-refractivity contribution in [1.82, 2.24) is 20.5 Å². The molecule has 0 bridgehead atoms. The number of ether oxygens (including phenoxy) is 2. The molecule has 0 saturated carbocycles. The molecule has 3 heterocycles. The largest absolute Gasteiger partial charge is 0.448 e. The maximum absolute atomic E-state index is 14.1. The summed E-state index contributed by atoms with van der Waals surface area (Å²) in [6, 6.07) is 22.4. The maximum atomic E-state index is 14.1. The molecule has 51 heavy (non-hydrogen) atoms. The molecule has 3 atom stereocenters. The molecule has 0 aliphatic carbocycles. The van der Waals surface area contributed by atoms with E-state index in [9.17, 15) is 19.2 Å². The Morgan fingerprint density at radius 1 is 1.02 bits per heavy atom. The fourth-order valence-corrected chi connectivity index (χ4v) is 7.97. The summed E-state index contributed by atoms with van der Waals surface area (Å²) in [6.45, 7) is 6.86. The summed E-state index contributed by atoms with van der Waals surface area (Å²) >= 11 is 2.57. The smallest absolute Gasteiger partial charge is 0.409 e. The Labute approximate surface area is 303 Å². The van der Waals surface area contributed by atoms with E-state index in [4.69, 9.17) is 20.9 Å². The van der Waals surface area contributed by atoms with E-state index in [-0.39, 0.29) is 11.3 Å². The van der Waals surface area contributed by atoms with Gasteiger partial charge >= 0.3 is 12.1 Å². The number of allylic oxidation sites excluding steroid dienone is 2. The predicted molar refractivity (Wildman–Crippen MR) is 197 cm³/mol. The minimum absolute atomic E-state index is 0.100. The number of fused-ring (bicyclic) bond motifs is 2. The van der Waals surface area contributed by atoms with E-state index in [0.717, 1.165) is 11.1 Å². The van der Waals surface area contributed by atoms with Crippen LogP contribution in [0.2, 0.25) is 0 Å². The summed E-state index contributed by atoms with van der Waals surface area (Å²) in [6.07, 6.45) is 1.89.